The summed E-state index contributed by atoms with van der Waals surface area (Å²) in [4.78, 5) is 38.7. The molecule has 7 nitrogen and oxygen atoms in total. The van der Waals surface area contributed by atoms with Crippen molar-refractivity contribution in [3.8, 4) is 16.9 Å². The molecule has 0 atom stereocenters. The lowest BCUT2D eigenvalue weighted by Crippen LogP contribution is -2.49. The number of imide groups is 1. The minimum atomic E-state index is -0.581. The third kappa shape index (κ3) is 4.23. The van der Waals surface area contributed by atoms with Crippen molar-refractivity contribution in [3.05, 3.63) is 54.6 Å². The second-order valence-electron chi connectivity index (χ2n) is 7.11. The molecule has 2 aliphatic heterocycles. The van der Waals surface area contributed by atoms with Gasteiger partial charge in [0.25, 0.3) is 11.8 Å². The van der Waals surface area contributed by atoms with Gasteiger partial charge in [-0.2, -0.15) is 0 Å². The zero-order chi connectivity index (χ0) is 20.2. The highest BCUT2D eigenvalue weighted by atomic mass is 16.6. The second-order valence-corrected chi connectivity index (χ2v) is 7.11. The summed E-state index contributed by atoms with van der Waals surface area (Å²) in [5.74, 6) is 0.228. The first-order valence-corrected chi connectivity index (χ1v) is 9.67. The van der Waals surface area contributed by atoms with Gasteiger partial charge >= 0.3 is 6.09 Å². The second kappa shape index (κ2) is 8.34. The number of likely N-dealkylation sites (tertiary alicyclic amines) is 1. The van der Waals surface area contributed by atoms with Gasteiger partial charge in [0.05, 0.1) is 0 Å². The average molecular weight is 394 g/mol. The van der Waals surface area contributed by atoms with Crippen LogP contribution < -0.4 is 4.74 Å². The molecule has 2 aromatic rings. The van der Waals surface area contributed by atoms with Crippen LogP contribution in [0.1, 0.15) is 12.8 Å². The summed E-state index contributed by atoms with van der Waals surface area (Å²) in [5.41, 5.74) is 2.21. The third-order valence-electron chi connectivity index (χ3n) is 5.29. The van der Waals surface area contributed by atoms with Crippen LogP contribution in [-0.2, 0) is 14.3 Å². The van der Waals surface area contributed by atoms with E-state index in [0.29, 0.717) is 31.7 Å². The van der Waals surface area contributed by atoms with Crippen LogP contribution in [0.3, 0.4) is 0 Å². The molecule has 0 radical (unpaired) electrons. The first kappa shape index (κ1) is 19.0. The molecule has 2 fully saturated rings. The highest BCUT2D eigenvalue weighted by Gasteiger charge is 2.38. The van der Waals surface area contributed by atoms with Gasteiger partial charge in [-0.25, -0.2) is 9.69 Å². The highest BCUT2D eigenvalue weighted by molar-refractivity contribution is 5.98. The van der Waals surface area contributed by atoms with Gasteiger partial charge in [0, 0.05) is 19.1 Å². The summed E-state index contributed by atoms with van der Waals surface area (Å²) >= 11 is 0. The number of rotatable bonds is 5. The van der Waals surface area contributed by atoms with Crippen LogP contribution >= 0.6 is 0 Å². The van der Waals surface area contributed by atoms with Gasteiger partial charge in [0.2, 0.25) is 0 Å². The maximum absolute atomic E-state index is 12.4. The third-order valence-corrected chi connectivity index (χ3v) is 5.29. The van der Waals surface area contributed by atoms with Crippen LogP contribution in [0, 0.1) is 0 Å². The van der Waals surface area contributed by atoms with Gasteiger partial charge in [0.15, 0.2) is 13.2 Å². The van der Waals surface area contributed by atoms with Crippen LogP contribution in [0.5, 0.6) is 5.75 Å². The van der Waals surface area contributed by atoms with Crippen molar-refractivity contribution in [1.29, 1.82) is 0 Å². The molecule has 29 heavy (non-hydrogen) atoms. The molecule has 2 heterocycles. The van der Waals surface area contributed by atoms with Crippen molar-refractivity contribution in [2.24, 2.45) is 0 Å². The Balaban J connectivity index is 1.26. The Morgan fingerprint density at radius 3 is 2.24 bits per heavy atom. The lowest BCUT2D eigenvalue weighted by atomic mass is 10.0. The van der Waals surface area contributed by atoms with Crippen LogP contribution in [0.4, 0.5) is 4.79 Å². The topological polar surface area (TPSA) is 76.2 Å². The van der Waals surface area contributed by atoms with Crippen molar-refractivity contribution in [1.82, 2.24) is 9.80 Å². The lowest BCUT2D eigenvalue weighted by Gasteiger charge is -2.34. The lowest BCUT2D eigenvalue weighted by molar-refractivity contribution is -0.135. The molecule has 150 valence electrons. The van der Waals surface area contributed by atoms with Crippen LogP contribution in [-0.4, -0.2) is 60.1 Å². The Kier molecular flexibility index (Phi) is 5.46. The van der Waals surface area contributed by atoms with E-state index < -0.39 is 6.09 Å². The zero-order valence-corrected chi connectivity index (χ0v) is 16.0. The Bertz CT molecular complexity index is 873. The summed E-state index contributed by atoms with van der Waals surface area (Å²) in [6.45, 7) is 0.739. The zero-order valence-electron chi connectivity index (χ0n) is 16.0. The number of hydrogen-bond donors (Lipinski definition) is 0. The number of carbonyl (C=O) groups is 3. The number of nitrogens with zero attached hydrogens (tertiary/aromatic N) is 2. The molecule has 0 aromatic heterocycles. The average Bonchev–Trinajstić information content (AvgIpc) is 3.11. The number of ether oxygens (including phenoxy) is 2. The maximum atomic E-state index is 12.4. The summed E-state index contributed by atoms with van der Waals surface area (Å²) in [5, 5.41) is 0. The largest absolute Gasteiger partial charge is 0.484 e. The molecule has 2 saturated heterocycles. The fourth-order valence-corrected chi connectivity index (χ4v) is 3.70. The number of hydrogen-bond acceptors (Lipinski definition) is 5. The maximum Gasteiger partial charge on any atom is 0.417 e. The minimum Gasteiger partial charge on any atom is -0.484 e. The molecule has 3 amide bonds. The number of piperidine rings is 1. The van der Waals surface area contributed by atoms with Gasteiger partial charge in [-0.05, 0) is 36.1 Å². The van der Waals surface area contributed by atoms with E-state index in [9.17, 15) is 14.4 Å². The molecule has 2 aliphatic rings. The SMILES string of the molecule is O=C(COc1ccc(-c2ccccc2)cc1)N1CCC(N2C(=O)COC2=O)CC1. The van der Waals surface area contributed by atoms with E-state index >= 15 is 0 Å². The predicted molar refractivity (Wildman–Crippen MR) is 105 cm³/mol. The van der Waals surface area contributed by atoms with Gasteiger partial charge in [-0.1, -0.05) is 42.5 Å². The Morgan fingerprint density at radius 1 is 0.966 bits per heavy atom. The van der Waals surface area contributed by atoms with Crippen LogP contribution in [0.25, 0.3) is 11.1 Å². The van der Waals surface area contributed by atoms with E-state index in [2.05, 4.69) is 0 Å². The smallest absolute Gasteiger partial charge is 0.417 e. The summed E-state index contributed by atoms with van der Waals surface area (Å²) in [6.07, 6.45) is 0.526. The van der Waals surface area contributed by atoms with E-state index in [4.69, 9.17) is 9.47 Å². The molecule has 4 rings (SSSR count). The number of cyclic esters (lactones) is 1. The molecular weight excluding hydrogens is 372 g/mol. The monoisotopic (exact) mass is 394 g/mol. The van der Waals surface area contributed by atoms with Crippen LogP contribution in [0.15, 0.2) is 54.6 Å². The summed E-state index contributed by atoms with van der Waals surface area (Å²) in [7, 11) is 0. The Morgan fingerprint density at radius 2 is 1.62 bits per heavy atom. The molecule has 0 spiro atoms. The van der Waals surface area contributed by atoms with Gasteiger partial charge in [-0.15, -0.1) is 0 Å². The van der Waals surface area contributed by atoms with Crippen molar-refractivity contribution < 1.29 is 23.9 Å². The van der Waals surface area contributed by atoms with Gasteiger partial charge < -0.3 is 14.4 Å². The molecular formula is C22H22N2O5. The van der Waals surface area contributed by atoms with E-state index in [1.165, 1.54) is 4.90 Å². The highest BCUT2D eigenvalue weighted by Crippen LogP contribution is 2.23. The van der Waals surface area contributed by atoms with Crippen molar-refractivity contribution in [2.45, 2.75) is 18.9 Å². The van der Waals surface area contributed by atoms with Gasteiger partial charge in [0.1, 0.15) is 5.75 Å². The Labute approximate surface area is 168 Å². The number of amides is 3. The normalized spacial score (nSPS) is 17.4. The molecule has 0 unspecified atom stereocenters. The molecule has 0 saturated carbocycles. The first-order valence-electron chi connectivity index (χ1n) is 9.67. The molecule has 7 heteroatoms. The number of carbonyl (C=O) groups excluding carboxylic acids is 3. The van der Waals surface area contributed by atoms with Crippen molar-refractivity contribution in [2.75, 3.05) is 26.3 Å². The Hall–Kier alpha value is -3.35. The van der Waals surface area contributed by atoms with Crippen LogP contribution in [0.2, 0.25) is 0 Å². The van der Waals surface area contributed by atoms with Gasteiger partial charge in [-0.3, -0.25) is 9.59 Å². The number of benzene rings is 2. The summed E-state index contributed by atoms with van der Waals surface area (Å²) < 4.78 is 10.4. The fraction of sp³-hybridized carbons (Fsp3) is 0.318. The van der Waals surface area contributed by atoms with E-state index in [0.717, 1.165) is 11.1 Å². The quantitative estimate of drug-likeness (QED) is 0.779. The van der Waals surface area contributed by atoms with Crippen molar-refractivity contribution in [3.63, 3.8) is 0 Å². The van der Waals surface area contributed by atoms with Crippen molar-refractivity contribution >= 4 is 17.9 Å². The summed E-state index contributed by atoms with van der Waals surface area (Å²) in [6, 6.07) is 17.5. The standard InChI is InChI=1S/C22H22N2O5/c25-20(23-12-10-18(11-13-23)24-21(26)15-29-22(24)27)14-28-19-8-6-17(7-9-19)16-4-2-1-3-5-16/h1-9,18H,10-15H2. The first-order chi connectivity index (χ1) is 14.1. The molecule has 2 aromatic carbocycles. The minimum absolute atomic E-state index is 0.0416. The van der Waals surface area contributed by atoms with E-state index in [1.807, 2.05) is 54.6 Å². The van der Waals surface area contributed by atoms with E-state index in [-0.39, 0.29) is 31.1 Å². The molecule has 0 N–H and O–H groups in total. The van der Waals surface area contributed by atoms with E-state index in [1.54, 1.807) is 4.90 Å². The predicted octanol–water partition coefficient (Wildman–Crippen LogP) is 2.70. The molecule has 0 bridgehead atoms. The fourth-order valence-electron chi connectivity index (χ4n) is 3.70. The molecule has 0 aliphatic carbocycles.